The summed E-state index contributed by atoms with van der Waals surface area (Å²) in [7, 11) is 0. The minimum absolute atomic E-state index is 0.0577. The molecule has 0 saturated heterocycles. The molecule has 0 spiro atoms. The van der Waals surface area contributed by atoms with Crippen LogP contribution < -0.4 is 0 Å². The minimum Gasteiger partial charge on any atom is -0.206 e. The van der Waals surface area contributed by atoms with Crippen molar-refractivity contribution in [3.05, 3.63) is 117 Å². The van der Waals surface area contributed by atoms with Gasteiger partial charge in [-0.25, -0.2) is 26.3 Å². The Balaban J connectivity index is 1.66. The zero-order valence-electron chi connectivity index (χ0n) is 17.0. The number of aryl methyl sites for hydroxylation is 1. The van der Waals surface area contributed by atoms with Gasteiger partial charge in [-0.2, -0.15) is 0 Å². The molecule has 0 fully saturated rings. The van der Waals surface area contributed by atoms with E-state index in [4.69, 9.17) is 0 Å². The number of hydrogen-bond donors (Lipinski definition) is 0. The largest absolute Gasteiger partial charge is 0.206 e. The molecule has 33 heavy (non-hydrogen) atoms. The Morgan fingerprint density at radius 2 is 1.06 bits per heavy atom. The fourth-order valence-corrected chi connectivity index (χ4v) is 3.20. The first-order valence-electron chi connectivity index (χ1n) is 9.59. The lowest BCUT2D eigenvalue weighted by molar-refractivity contribution is 0.517. The smallest absolute Gasteiger partial charge is 0.166 e. The molecule has 4 rings (SSSR count). The van der Waals surface area contributed by atoms with E-state index in [1.165, 1.54) is 31.2 Å². The molecule has 0 heterocycles. The maximum absolute atomic E-state index is 14.5. The van der Waals surface area contributed by atoms with E-state index in [0.717, 1.165) is 30.3 Å². The van der Waals surface area contributed by atoms with E-state index in [9.17, 15) is 26.3 Å². The molecule has 0 aromatic heterocycles. The van der Waals surface area contributed by atoms with E-state index < -0.39 is 46.0 Å². The predicted molar refractivity (Wildman–Crippen MR) is 113 cm³/mol. The Hall–Kier alpha value is -4.16. The van der Waals surface area contributed by atoms with Crippen molar-refractivity contribution in [3.8, 4) is 23.7 Å². The summed E-state index contributed by atoms with van der Waals surface area (Å²) in [5.74, 6) is 3.82. The van der Waals surface area contributed by atoms with Crippen LogP contribution in [0.15, 0.2) is 54.6 Å². The average Bonchev–Trinajstić information content (AvgIpc) is 2.75. The summed E-state index contributed by atoms with van der Waals surface area (Å²) >= 11 is 0. The minimum atomic E-state index is -1.01. The van der Waals surface area contributed by atoms with Gasteiger partial charge >= 0.3 is 0 Å². The van der Waals surface area contributed by atoms with E-state index in [-0.39, 0.29) is 10.9 Å². The van der Waals surface area contributed by atoms with Gasteiger partial charge in [-0.05, 0) is 60.3 Å². The average molecular weight is 450 g/mol. The lowest BCUT2D eigenvalue weighted by Gasteiger charge is -2.02. The second-order valence-electron chi connectivity index (χ2n) is 7.22. The van der Waals surface area contributed by atoms with E-state index in [0.29, 0.717) is 16.5 Å². The molecule has 0 amide bonds. The standard InChI is InChI=1S/C27H12F6/c1-15-10-23(29)20(24(30)11-15)8-4-17-13-25(31)21(26(32)14-17)7-3-16-2-6-19-18(12-16)5-9-22(28)27(19)33/h2,5-6,9-14H,1H3. The highest BCUT2D eigenvalue weighted by molar-refractivity contribution is 5.84. The summed E-state index contributed by atoms with van der Waals surface area (Å²) < 4.78 is 83.8. The molecule has 0 N–H and O–H groups in total. The molecule has 6 heteroatoms. The molecule has 0 saturated carbocycles. The van der Waals surface area contributed by atoms with Crippen molar-refractivity contribution in [2.75, 3.05) is 0 Å². The van der Waals surface area contributed by atoms with Gasteiger partial charge < -0.3 is 0 Å². The SMILES string of the molecule is Cc1cc(F)c(C#Cc2cc(F)c(C#Cc3ccc4c(F)c(F)ccc4c3)c(F)c2)c(F)c1. The van der Waals surface area contributed by atoms with Crippen LogP contribution in [0.2, 0.25) is 0 Å². The lowest BCUT2D eigenvalue weighted by atomic mass is 10.1. The van der Waals surface area contributed by atoms with Gasteiger partial charge in [0.05, 0.1) is 11.1 Å². The first-order chi connectivity index (χ1) is 15.7. The van der Waals surface area contributed by atoms with Crippen LogP contribution in [-0.2, 0) is 0 Å². The lowest BCUT2D eigenvalue weighted by Crippen LogP contribution is -1.94. The Kier molecular flexibility index (Phi) is 5.85. The van der Waals surface area contributed by atoms with Crippen molar-refractivity contribution in [2.45, 2.75) is 6.92 Å². The molecule has 162 valence electrons. The van der Waals surface area contributed by atoms with Crippen LogP contribution >= 0.6 is 0 Å². The molecular weight excluding hydrogens is 438 g/mol. The third-order valence-corrected chi connectivity index (χ3v) is 4.80. The first kappa shape index (κ1) is 22.0. The van der Waals surface area contributed by atoms with E-state index >= 15 is 0 Å². The number of fused-ring (bicyclic) bond motifs is 1. The maximum atomic E-state index is 14.5. The van der Waals surface area contributed by atoms with Crippen molar-refractivity contribution in [1.82, 2.24) is 0 Å². The van der Waals surface area contributed by atoms with Crippen molar-refractivity contribution >= 4 is 10.8 Å². The van der Waals surface area contributed by atoms with Crippen molar-refractivity contribution in [3.63, 3.8) is 0 Å². The van der Waals surface area contributed by atoms with Crippen molar-refractivity contribution in [1.29, 1.82) is 0 Å². The molecule has 0 atom stereocenters. The quantitative estimate of drug-likeness (QED) is 0.205. The molecule has 0 aliphatic rings. The van der Waals surface area contributed by atoms with Crippen LogP contribution in [0.4, 0.5) is 26.3 Å². The highest BCUT2D eigenvalue weighted by atomic mass is 19.2. The Morgan fingerprint density at radius 3 is 1.67 bits per heavy atom. The van der Waals surface area contributed by atoms with Crippen LogP contribution in [0.1, 0.15) is 27.8 Å². The maximum Gasteiger partial charge on any atom is 0.166 e. The van der Waals surface area contributed by atoms with E-state index in [1.807, 2.05) is 0 Å². The molecule has 0 unspecified atom stereocenters. The van der Waals surface area contributed by atoms with Crippen LogP contribution in [-0.4, -0.2) is 0 Å². The fourth-order valence-electron chi connectivity index (χ4n) is 3.20. The highest BCUT2D eigenvalue weighted by Crippen LogP contribution is 2.22. The Labute approximate surface area is 185 Å². The third-order valence-electron chi connectivity index (χ3n) is 4.80. The second kappa shape index (κ2) is 8.76. The Morgan fingerprint density at radius 1 is 0.515 bits per heavy atom. The molecule has 0 nitrogen and oxygen atoms in total. The summed E-state index contributed by atoms with van der Waals surface area (Å²) in [5.41, 5.74) is -0.449. The van der Waals surface area contributed by atoms with Crippen molar-refractivity contribution < 1.29 is 26.3 Å². The van der Waals surface area contributed by atoms with E-state index in [1.54, 1.807) is 0 Å². The molecule has 0 radical (unpaired) electrons. The van der Waals surface area contributed by atoms with Gasteiger partial charge in [0, 0.05) is 16.5 Å². The van der Waals surface area contributed by atoms with E-state index in [2.05, 4.69) is 23.7 Å². The van der Waals surface area contributed by atoms with Gasteiger partial charge in [-0.15, -0.1) is 0 Å². The van der Waals surface area contributed by atoms with Gasteiger partial charge in [0.15, 0.2) is 11.6 Å². The monoisotopic (exact) mass is 450 g/mol. The van der Waals surface area contributed by atoms with Gasteiger partial charge in [-0.3, -0.25) is 0 Å². The van der Waals surface area contributed by atoms with Gasteiger partial charge in [0.25, 0.3) is 0 Å². The van der Waals surface area contributed by atoms with Gasteiger partial charge in [0.2, 0.25) is 0 Å². The zero-order chi connectivity index (χ0) is 23.7. The molecule has 0 aliphatic carbocycles. The normalized spacial score (nSPS) is 10.4. The number of halogens is 6. The fraction of sp³-hybridized carbons (Fsp3) is 0.0370. The van der Waals surface area contributed by atoms with Gasteiger partial charge in [0.1, 0.15) is 23.3 Å². The van der Waals surface area contributed by atoms with Crippen molar-refractivity contribution in [2.24, 2.45) is 0 Å². The molecule has 0 bridgehead atoms. The first-order valence-corrected chi connectivity index (χ1v) is 9.59. The van der Waals surface area contributed by atoms with Crippen LogP contribution in [0.5, 0.6) is 0 Å². The summed E-state index contributed by atoms with van der Waals surface area (Å²) in [4.78, 5) is 0. The number of benzene rings is 4. The highest BCUT2D eigenvalue weighted by Gasteiger charge is 2.11. The number of rotatable bonds is 0. The Bertz CT molecular complexity index is 1500. The van der Waals surface area contributed by atoms with Crippen LogP contribution in [0.25, 0.3) is 10.8 Å². The summed E-state index contributed by atoms with van der Waals surface area (Å²) in [6.07, 6.45) is 0. The third kappa shape index (κ3) is 4.56. The molecular formula is C27H12F6. The molecule has 4 aromatic carbocycles. The summed E-state index contributed by atoms with van der Waals surface area (Å²) in [6.45, 7) is 1.52. The summed E-state index contributed by atoms with van der Waals surface area (Å²) in [5, 5.41) is 0.435. The topological polar surface area (TPSA) is 0 Å². The second-order valence-corrected chi connectivity index (χ2v) is 7.22. The zero-order valence-corrected chi connectivity index (χ0v) is 17.0. The summed E-state index contributed by atoms with van der Waals surface area (Å²) in [6, 6.07) is 10.5. The van der Waals surface area contributed by atoms with Crippen LogP contribution in [0, 0.1) is 65.5 Å². The molecule has 4 aromatic rings. The predicted octanol–water partition coefficient (Wildman–Crippen LogP) is 6.78. The van der Waals surface area contributed by atoms with Gasteiger partial charge in [-0.1, -0.05) is 35.8 Å². The van der Waals surface area contributed by atoms with Crippen LogP contribution in [0.3, 0.4) is 0 Å². The number of hydrogen-bond acceptors (Lipinski definition) is 0. The molecule has 0 aliphatic heterocycles.